The van der Waals surface area contributed by atoms with Gasteiger partial charge in [0.15, 0.2) is 0 Å². The van der Waals surface area contributed by atoms with Crippen LogP contribution in [0.3, 0.4) is 0 Å². The molecule has 0 unspecified atom stereocenters. The zero-order chi connectivity index (χ0) is 16.1. The maximum Gasteiger partial charge on any atom is 0.410 e. The van der Waals surface area contributed by atoms with Gasteiger partial charge in [0, 0.05) is 24.0 Å². The Labute approximate surface area is 134 Å². The van der Waals surface area contributed by atoms with Gasteiger partial charge < -0.3 is 5.11 Å². The monoisotopic (exact) mass is 307 g/mol. The quantitative estimate of drug-likeness (QED) is 0.728. The third kappa shape index (κ3) is 4.26. The lowest BCUT2D eigenvalue weighted by molar-refractivity contribution is 0.209. The zero-order valence-electron chi connectivity index (χ0n) is 12.6. The molecule has 0 spiro atoms. The van der Waals surface area contributed by atoms with E-state index in [4.69, 9.17) is 5.11 Å². The number of nitrogens with one attached hydrogen (secondary N) is 1. The van der Waals surface area contributed by atoms with E-state index in [9.17, 15) is 4.79 Å². The molecule has 1 fully saturated rings. The van der Waals surface area contributed by atoms with E-state index in [1.165, 1.54) is 19.3 Å². The fourth-order valence-corrected chi connectivity index (χ4v) is 2.04. The number of anilines is 1. The van der Waals surface area contributed by atoms with Crippen LogP contribution in [0.5, 0.6) is 0 Å². The van der Waals surface area contributed by atoms with Crippen molar-refractivity contribution >= 4 is 22.7 Å². The molecular formula is C18H17N3O2. The number of pyridine rings is 2. The number of rotatable bonds is 2. The van der Waals surface area contributed by atoms with Gasteiger partial charge in [-0.2, -0.15) is 0 Å². The maximum absolute atomic E-state index is 10.6. The lowest BCUT2D eigenvalue weighted by atomic mass is 10.0. The van der Waals surface area contributed by atoms with Crippen LogP contribution in [0.4, 0.5) is 10.6 Å². The summed E-state index contributed by atoms with van der Waals surface area (Å²) in [6.45, 7) is 0. The molecule has 5 nitrogen and oxygen atoms in total. The van der Waals surface area contributed by atoms with Gasteiger partial charge in [0.25, 0.3) is 0 Å². The van der Waals surface area contributed by atoms with E-state index in [0.717, 1.165) is 21.9 Å². The molecule has 3 aromatic rings. The molecule has 1 aromatic carbocycles. The summed E-state index contributed by atoms with van der Waals surface area (Å²) in [6.07, 6.45) is 8.53. The fourth-order valence-electron chi connectivity index (χ4n) is 2.04. The Balaban J connectivity index is 0.000000468. The molecule has 23 heavy (non-hydrogen) atoms. The van der Waals surface area contributed by atoms with Crippen LogP contribution in [0.25, 0.3) is 21.9 Å². The molecule has 116 valence electrons. The van der Waals surface area contributed by atoms with Crippen LogP contribution in [0, 0.1) is 0 Å². The summed E-state index contributed by atoms with van der Waals surface area (Å²) in [5.41, 5.74) is 2.15. The predicted octanol–water partition coefficient (Wildman–Crippen LogP) is 4.56. The summed E-state index contributed by atoms with van der Waals surface area (Å²) in [4.78, 5) is 18.7. The van der Waals surface area contributed by atoms with Crippen molar-refractivity contribution in [3.63, 3.8) is 0 Å². The van der Waals surface area contributed by atoms with Crippen LogP contribution in [-0.2, 0) is 0 Å². The lowest BCUT2D eigenvalue weighted by Gasteiger charge is -2.05. The Bertz CT molecular complexity index is 814. The normalized spacial score (nSPS) is 12.2. The largest absolute Gasteiger partial charge is 0.465 e. The van der Waals surface area contributed by atoms with Crippen LogP contribution in [0.15, 0.2) is 55.0 Å². The molecule has 0 aliphatic heterocycles. The lowest BCUT2D eigenvalue weighted by Crippen LogP contribution is -2.08. The topological polar surface area (TPSA) is 75.1 Å². The summed E-state index contributed by atoms with van der Waals surface area (Å²) < 4.78 is 0. The Morgan fingerprint density at radius 2 is 1.70 bits per heavy atom. The Morgan fingerprint density at radius 1 is 0.957 bits per heavy atom. The molecule has 1 aliphatic rings. The second kappa shape index (κ2) is 6.87. The van der Waals surface area contributed by atoms with Crippen LogP contribution in [0.1, 0.15) is 19.3 Å². The van der Waals surface area contributed by atoms with E-state index < -0.39 is 6.09 Å². The number of carboxylic acid groups (broad SMARTS) is 1. The zero-order valence-corrected chi connectivity index (χ0v) is 12.6. The average Bonchev–Trinajstić information content (AvgIpc) is 3.43. The minimum atomic E-state index is -1.12. The highest BCUT2D eigenvalue weighted by Crippen LogP contribution is 2.24. The summed E-state index contributed by atoms with van der Waals surface area (Å²) >= 11 is 0. The van der Waals surface area contributed by atoms with Crippen LogP contribution in [0.2, 0.25) is 0 Å². The molecule has 0 saturated heterocycles. The standard InChI is InChI=1S/C15H11N3O2.C3H6/c19-15(20)18-14-8-12-2-1-11(7-13(12)9-17-14)10-3-5-16-6-4-10;1-2-3-1/h1-9H,(H,17,18)(H,19,20);1-3H2. The molecule has 1 aliphatic carbocycles. The number of aromatic nitrogens is 2. The third-order valence-corrected chi connectivity index (χ3v) is 3.32. The first kappa shape index (κ1) is 15.0. The van der Waals surface area contributed by atoms with E-state index in [1.54, 1.807) is 24.7 Å². The number of hydrogen-bond acceptors (Lipinski definition) is 3. The first-order valence-electron chi connectivity index (χ1n) is 7.52. The molecule has 0 radical (unpaired) electrons. The van der Waals surface area contributed by atoms with Gasteiger partial charge in [-0.25, -0.2) is 9.78 Å². The fraction of sp³-hybridized carbons (Fsp3) is 0.167. The van der Waals surface area contributed by atoms with Crippen LogP contribution >= 0.6 is 0 Å². The molecule has 0 bridgehead atoms. The van der Waals surface area contributed by atoms with Crippen molar-refractivity contribution in [1.29, 1.82) is 0 Å². The van der Waals surface area contributed by atoms with Gasteiger partial charge in [-0.05, 0) is 40.8 Å². The number of benzene rings is 1. The van der Waals surface area contributed by atoms with Crippen molar-refractivity contribution in [2.45, 2.75) is 19.3 Å². The highest BCUT2D eigenvalue weighted by molar-refractivity contribution is 5.90. The first-order valence-corrected chi connectivity index (χ1v) is 7.52. The minimum absolute atomic E-state index is 0.321. The molecule has 0 atom stereocenters. The predicted molar refractivity (Wildman–Crippen MR) is 90.5 cm³/mol. The van der Waals surface area contributed by atoms with Crippen molar-refractivity contribution in [2.24, 2.45) is 0 Å². The van der Waals surface area contributed by atoms with E-state index >= 15 is 0 Å². The highest BCUT2D eigenvalue weighted by Gasteiger charge is 2.03. The molecular weight excluding hydrogens is 290 g/mol. The SMILES string of the molecule is C1CC1.O=C(O)Nc1cc2ccc(-c3ccncc3)cc2cn1. The minimum Gasteiger partial charge on any atom is -0.465 e. The molecule has 2 aromatic heterocycles. The summed E-state index contributed by atoms with van der Waals surface area (Å²) in [5, 5.41) is 12.8. The Morgan fingerprint density at radius 3 is 2.35 bits per heavy atom. The smallest absolute Gasteiger partial charge is 0.410 e. The van der Waals surface area contributed by atoms with Gasteiger partial charge in [-0.3, -0.25) is 10.3 Å². The second-order valence-corrected chi connectivity index (χ2v) is 5.36. The summed E-state index contributed by atoms with van der Waals surface area (Å²) in [7, 11) is 0. The number of nitrogens with zero attached hydrogens (tertiary/aromatic N) is 2. The van der Waals surface area contributed by atoms with Gasteiger partial charge in [-0.1, -0.05) is 31.4 Å². The number of amides is 1. The van der Waals surface area contributed by atoms with Crippen molar-refractivity contribution < 1.29 is 9.90 Å². The van der Waals surface area contributed by atoms with Crippen LogP contribution in [-0.4, -0.2) is 21.2 Å². The van der Waals surface area contributed by atoms with Gasteiger partial charge in [0.05, 0.1) is 0 Å². The number of carbonyl (C=O) groups is 1. The van der Waals surface area contributed by atoms with Crippen molar-refractivity contribution in [1.82, 2.24) is 9.97 Å². The van der Waals surface area contributed by atoms with Gasteiger partial charge in [-0.15, -0.1) is 0 Å². The molecule has 2 N–H and O–H groups in total. The van der Waals surface area contributed by atoms with Gasteiger partial charge >= 0.3 is 6.09 Å². The number of hydrogen-bond donors (Lipinski definition) is 2. The highest BCUT2D eigenvalue weighted by atomic mass is 16.4. The van der Waals surface area contributed by atoms with E-state index in [0.29, 0.717) is 5.82 Å². The van der Waals surface area contributed by atoms with E-state index in [-0.39, 0.29) is 0 Å². The Hall–Kier alpha value is -2.95. The average molecular weight is 307 g/mol. The molecule has 1 amide bonds. The first-order chi connectivity index (χ1) is 11.2. The Kier molecular flexibility index (Phi) is 4.47. The summed E-state index contributed by atoms with van der Waals surface area (Å²) in [6, 6.07) is 11.5. The second-order valence-electron chi connectivity index (χ2n) is 5.36. The molecule has 2 heterocycles. The third-order valence-electron chi connectivity index (χ3n) is 3.32. The van der Waals surface area contributed by atoms with Gasteiger partial charge in [0.1, 0.15) is 5.82 Å². The van der Waals surface area contributed by atoms with E-state index in [1.807, 2.05) is 30.3 Å². The molecule has 4 rings (SSSR count). The van der Waals surface area contributed by atoms with Crippen molar-refractivity contribution in [2.75, 3.05) is 5.32 Å². The van der Waals surface area contributed by atoms with Crippen molar-refractivity contribution in [3.05, 3.63) is 55.0 Å². The molecule has 5 heteroatoms. The number of fused-ring (bicyclic) bond motifs is 1. The van der Waals surface area contributed by atoms with E-state index in [2.05, 4.69) is 15.3 Å². The maximum atomic E-state index is 10.6. The van der Waals surface area contributed by atoms with Crippen LogP contribution < -0.4 is 5.32 Å². The molecule has 1 saturated carbocycles. The van der Waals surface area contributed by atoms with Crippen molar-refractivity contribution in [3.8, 4) is 11.1 Å². The summed E-state index contributed by atoms with van der Waals surface area (Å²) in [5.74, 6) is 0.321. The van der Waals surface area contributed by atoms with Gasteiger partial charge in [0.2, 0.25) is 0 Å².